The third-order valence-electron chi connectivity index (χ3n) is 4.34. The number of rotatable bonds is 11. The van der Waals surface area contributed by atoms with E-state index in [2.05, 4.69) is 64.1 Å². The number of halogens is 1. The summed E-state index contributed by atoms with van der Waals surface area (Å²) < 4.78 is 0.918. The Bertz CT molecular complexity index is 680. The molecule has 2 aromatic rings. The maximum Gasteiger partial charge on any atom is 0.255 e. The summed E-state index contributed by atoms with van der Waals surface area (Å²) in [6, 6.07) is 15.9. The van der Waals surface area contributed by atoms with Crippen molar-refractivity contribution >= 4 is 34.2 Å². The minimum Gasteiger partial charge on any atom is -0.322 e. The van der Waals surface area contributed by atoms with Crippen molar-refractivity contribution in [3.05, 3.63) is 65.2 Å². The molecule has 27 heavy (non-hydrogen) atoms. The van der Waals surface area contributed by atoms with Gasteiger partial charge in [-0.15, -0.1) is 0 Å². The Hall–Kier alpha value is -1.44. The normalized spacial score (nSPS) is 11.0. The van der Waals surface area contributed by atoms with Gasteiger partial charge in [-0.2, -0.15) is 0 Å². The van der Waals surface area contributed by atoms with Crippen LogP contribution in [0.1, 0.15) is 48.2 Å². The second-order valence-electron chi connectivity index (χ2n) is 6.68. The molecule has 2 rings (SSSR count). The van der Waals surface area contributed by atoms with Gasteiger partial charge < -0.3 is 10.6 Å². The molecule has 0 fully saturated rings. The summed E-state index contributed by atoms with van der Waals surface area (Å²) in [6.07, 6.45) is 2.32. The van der Waals surface area contributed by atoms with Gasteiger partial charge in [-0.05, 0) is 61.3 Å². The molecule has 0 spiro atoms. The van der Waals surface area contributed by atoms with Crippen molar-refractivity contribution in [3.8, 4) is 0 Å². The first kappa shape index (κ1) is 21.9. The number of hydrogen-bond acceptors (Lipinski definition) is 3. The smallest absolute Gasteiger partial charge is 0.255 e. The van der Waals surface area contributed by atoms with Crippen molar-refractivity contribution < 1.29 is 4.79 Å². The zero-order chi connectivity index (χ0) is 19.5. The summed E-state index contributed by atoms with van der Waals surface area (Å²) in [6.45, 7) is 8.42. The number of carbonyl (C=O) groups is 1. The molecule has 2 N–H and O–H groups in total. The molecule has 0 heterocycles. The van der Waals surface area contributed by atoms with Crippen LogP contribution in [-0.4, -0.2) is 28.4 Å². The molecular weight excluding hydrogens is 449 g/mol. The van der Waals surface area contributed by atoms with Gasteiger partial charge in [-0.3, -0.25) is 9.69 Å². The van der Waals surface area contributed by atoms with Gasteiger partial charge in [0.15, 0.2) is 0 Å². The van der Waals surface area contributed by atoms with Crippen molar-refractivity contribution in [1.29, 1.82) is 0 Å². The third kappa shape index (κ3) is 7.60. The maximum absolute atomic E-state index is 12.5. The minimum absolute atomic E-state index is 0.0707. The quantitative estimate of drug-likeness (QED) is 0.270. The van der Waals surface area contributed by atoms with Crippen LogP contribution in [0.25, 0.3) is 0 Å². The first-order chi connectivity index (χ1) is 13.2. The monoisotopic (exact) mass is 479 g/mol. The highest BCUT2D eigenvalue weighted by Gasteiger charge is 2.08. The molecule has 146 valence electrons. The average molecular weight is 479 g/mol. The fourth-order valence-corrected chi connectivity index (χ4v) is 3.29. The van der Waals surface area contributed by atoms with E-state index in [1.807, 2.05) is 36.4 Å². The lowest BCUT2D eigenvalue weighted by Gasteiger charge is -2.21. The number of hydrogen-bond donors (Lipinski definition) is 2. The zero-order valence-corrected chi connectivity index (χ0v) is 18.5. The van der Waals surface area contributed by atoms with Crippen LogP contribution < -0.4 is 10.6 Å². The van der Waals surface area contributed by atoms with Crippen molar-refractivity contribution in [2.75, 3.05) is 23.0 Å². The molecule has 0 aliphatic rings. The number of amides is 1. The van der Waals surface area contributed by atoms with E-state index in [0.29, 0.717) is 5.56 Å². The standard InChI is InChI=1S/C22H30IN3O/c1-3-13-26(14-4-2)16-19-5-9-20(10-6-19)22(27)25-21-11-7-18(8-12-21)15-24-17-23/h5-12,24H,3-4,13-17H2,1-2H3,(H,25,27). The van der Waals surface area contributed by atoms with Gasteiger partial charge >= 0.3 is 0 Å². The zero-order valence-electron chi connectivity index (χ0n) is 16.3. The van der Waals surface area contributed by atoms with Crippen LogP contribution in [0.15, 0.2) is 48.5 Å². The Morgan fingerprint density at radius 1 is 0.926 bits per heavy atom. The number of carbonyl (C=O) groups excluding carboxylic acids is 1. The summed E-state index contributed by atoms with van der Waals surface area (Å²) >= 11 is 2.29. The molecule has 0 bridgehead atoms. The number of alkyl halides is 1. The van der Waals surface area contributed by atoms with E-state index < -0.39 is 0 Å². The van der Waals surface area contributed by atoms with Gasteiger partial charge in [0.2, 0.25) is 0 Å². The Balaban J connectivity index is 1.92. The van der Waals surface area contributed by atoms with Crippen LogP contribution >= 0.6 is 22.6 Å². The third-order valence-corrected chi connectivity index (χ3v) is 4.88. The largest absolute Gasteiger partial charge is 0.322 e. The summed E-state index contributed by atoms with van der Waals surface area (Å²) in [7, 11) is 0. The maximum atomic E-state index is 12.5. The predicted molar refractivity (Wildman–Crippen MR) is 122 cm³/mol. The molecule has 0 saturated carbocycles. The van der Waals surface area contributed by atoms with E-state index in [4.69, 9.17) is 0 Å². The molecule has 0 aromatic heterocycles. The van der Waals surface area contributed by atoms with E-state index in [-0.39, 0.29) is 5.91 Å². The first-order valence-corrected chi connectivity index (χ1v) is 11.2. The Labute approximate surface area is 176 Å². The lowest BCUT2D eigenvalue weighted by molar-refractivity contribution is 0.102. The molecule has 0 unspecified atom stereocenters. The molecule has 2 aromatic carbocycles. The van der Waals surface area contributed by atoms with Gasteiger partial charge in [-0.25, -0.2) is 0 Å². The highest BCUT2D eigenvalue weighted by Crippen LogP contribution is 2.13. The molecule has 0 saturated heterocycles. The summed E-state index contributed by atoms with van der Waals surface area (Å²) in [5.74, 6) is -0.0707. The van der Waals surface area contributed by atoms with E-state index in [1.54, 1.807) is 0 Å². The predicted octanol–water partition coefficient (Wildman–Crippen LogP) is 5.04. The van der Waals surface area contributed by atoms with Crippen LogP contribution in [0, 0.1) is 0 Å². The number of anilines is 1. The van der Waals surface area contributed by atoms with E-state index >= 15 is 0 Å². The van der Waals surface area contributed by atoms with E-state index in [1.165, 1.54) is 11.1 Å². The SMILES string of the molecule is CCCN(CCC)Cc1ccc(C(=O)Nc2ccc(CNCI)cc2)cc1. The van der Waals surface area contributed by atoms with Gasteiger partial charge in [0.1, 0.15) is 0 Å². The molecule has 4 nitrogen and oxygen atoms in total. The Morgan fingerprint density at radius 3 is 2.07 bits per heavy atom. The van der Waals surface area contributed by atoms with Crippen molar-refractivity contribution in [2.45, 2.75) is 39.8 Å². The molecule has 0 atom stereocenters. The van der Waals surface area contributed by atoms with Gasteiger partial charge in [0.05, 0.1) is 0 Å². The number of nitrogens with one attached hydrogen (secondary N) is 2. The first-order valence-electron chi connectivity index (χ1n) is 9.64. The summed E-state index contributed by atoms with van der Waals surface area (Å²) in [5, 5.41) is 6.25. The van der Waals surface area contributed by atoms with E-state index in [0.717, 1.165) is 49.3 Å². The number of nitrogens with zero attached hydrogens (tertiary/aromatic N) is 1. The molecule has 0 aliphatic heterocycles. The van der Waals surface area contributed by atoms with Crippen molar-refractivity contribution in [1.82, 2.24) is 10.2 Å². The fraction of sp³-hybridized carbons (Fsp3) is 0.409. The second-order valence-corrected chi connectivity index (χ2v) is 7.45. The molecule has 1 amide bonds. The average Bonchev–Trinajstić information content (AvgIpc) is 2.68. The summed E-state index contributed by atoms with van der Waals surface area (Å²) in [5.41, 5.74) is 3.96. The topological polar surface area (TPSA) is 44.4 Å². The van der Waals surface area contributed by atoms with Gasteiger partial charge in [0, 0.05) is 28.9 Å². The van der Waals surface area contributed by atoms with Gasteiger partial charge in [-0.1, -0.05) is 60.7 Å². The lowest BCUT2D eigenvalue weighted by Crippen LogP contribution is -2.24. The molecular formula is C22H30IN3O. The van der Waals surface area contributed by atoms with Crippen LogP contribution in [0.2, 0.25) is 0 Å². The van der Waals surface area contributed by atoms with Gasteiger partial charge in [0.25, 0.3) is 5.91 Å². The Morgan fingerprint density at radius 2 is 1.52 bits per heavy atom. The van der Waals surface area contributed by atoms with Crippen LogP contribution in [-0.2, 0) is 13.1 Å². The molecule has 0 radical (unpaired) electrons. The van der Waals surface area contributed by atoms with Crippen LogP contribution in [0.4, 0.5) is 5.69 Å². The fourth-order valence-electron chi connectivity index (χ4n) is 3.02. The Kier molecular flexibility index (Phi) is 9.80. The second kappa shape index (κ2) is 12.1. The molecule has 0 aliphatic carbocycles. The highest BCUT2D eigenvalue weighted by atomic mass is 127. The van der Waals surface area contributed by atoms with Crippen molar-refractivity contribution in [2.24, 2.45) is 0 Å². The number of benzene rings is 2. The van der Waals surface area contributed by atoms with Crippen LogP contribution in [0.3, 0.4) is 0 Å². The summed E-state index contributed by atoms with van der Waals surface area (Å²) in [4.78, 5) is 14.9. The lowest BCUT2D eigenvalue weighted by atomic mass is 10.1. The highest BCUT2D eigenvalue weighted by molar-refractivity contribution is 14.1. The minimum atomic E-state index is -0.0707. The van der Waals surface area contributed by atoms with E-state index in [9.17, 15) is 4.79 Å². The van der Waals surface area contributed by atoms with Crippen molar-refractivity contribution in [3.63, 3.8) is 0 Å². The van der Waals surface area contributed by atoms with Crippen LogP contribution in [0.5, 0.6) is 0 Å². The molecule has 5 heteroatoms.